The fourth-order valence-electron chi connectivity index (χ4n) is 3.92. The molecule has 0 saturated carbocycles. The van der Waals surface area contributed by atoms with Crippen molar-refractivity contribution in [2.45, 2.75) is 18.8 Å². The normalized spacial score (nSPS) is 19.0. The SMILES string of the molecule is O=C1O[C@H](COP(=O)(O)O)CN1c1ccc(-c2ccc(O[C@@H]3COc4nc([N+](=O)[O-])cn4C3)nc2)c(F)c1. The van der Waals surface area contributed by atoms with Crippen molar-refractivity contribution in [2.24, 2.45) is 0 Å². The van der Waals surface area contributed by atoms with Crippen molar-refractivity contribution < 1.29 is 47.2 Å². The van der Waals surface area contributed by atoms with Crippen molar-refractivity contribution in [3.05, 3.63) is 58.7 Å². The van der Waals surface area contributed by atoms with Gasteiger partial charge in [-0.25, -0.2) is 18.7 Å². The van der Waals surface area contributed by atoms with Crippen LogP contribution in [0.2, 0.25) is 0 Å². The highest BCUT2D eigenvalue weighted by Crippen LogP contribution is 2.37. The van der Waals surface area contributed by atoms with Gasteiger partial charge in [0.05, 0.1) is 25.4 Å². The second-order valence-corrected chi connectivity index (χ2v) is 9.53. The van der Waals surface area contributed by atoms with E-state index in [1.807, 2.05) is 0 Å². The predicted octanol–water partition coefficient (Wildman–Crippen LogP) is 2.27. The number of cyclic esters (lactones) is 1. The number of pyridine rings is 1. The van der Waals surface area contributed by atoms with Crippen LogP contribution in [0.3, 0.4) is 0 Å². The molecule has 38 heavy (non-hydrogen) atoms. The first-order valence-electron chi connectivity index (χ1n) is 11.0. The number of nitrogens with zero attached hydrogens (tertiary/aromatic N) is 5. The molecular formula is C21H19FN5O10P. The van der Waals surface area contributed by atoms with Gasteiger partial charge in [-0.2, -0.15) is 0 Å². The van der Waals surface area contributed by atoms with Gasteiger partial charge in [0.15, 0.2) is 6.10 Å². The maximum Gasteiger partial charge on any atom is 0.469 e. The summed E-state index contributed by atoms with van der Waals surface area (Å²) >= 11 is 0. The number of hydrogen-bond acceptors (Lipinski definition) is 10. The van der Waals surface area contributed by atoms with Gasteiger partial charge in [-0.1, -0.05) is 0 Å². The number of imidazole rings is 1. The number of phosphoric ester groups is 1. The standard InChI is InChI=1S/C21H19FN5O10P/c22-17-5-13(26-8-15(37-21(26)28)11-35-38(31,32)33)2-3-16(17)12-1-4-19(23-6-12)36-14-7-25-9-18(27(29)30)24-20(25)34-10-14/h1-6,9,14-15H,7-8,10-11H2,(H2,31,32,33)/t14-,15-/m0/s1. The molecule has 17 heteroatoms. The summed E-state index contributed by atoms with van der Waals surface area (Å²) in [5.74, 6) is -0.733. The van der Waals surface area contributed by atoms with Gasteiger partial charge >= 0.3 is 25.7 Å². The largest absolute Gasteiger partial charge is 0.469 e. The molecule has 200 valence electrons. The van der Waals surface area contributed by atoms with Crippen LogP contribution in [0, 0.1) is 15.9 Å². The molecular weight excluding hydrogens is 532 g/mol. The number of fused-ring (bicyclic) bond motifs is 1. The van der Waals surface area contributed by atoms with E-state index in [4.69, 9.17) is 24.0 Å². The summed E-state index contributed by atoms with van der Waals surface area (Å²) in [6.45, 7) is -0.215. The monoisotopic (exact) mass is 551 g/mol. The van der Waals surface area contributed by atoms with Crippen molar-refractivity contribution in [1.29, 1.82) is 0 Å². The van der Waals surface area contributed by atoms with Crippen LogP contribution in [-0.2, 0) is 20.4 Å². The number of benzene rings is 1. The van der Waals surface area contributed by atoms with Crippen LogP contribution in [0.25, 0.3) is 11.1 Å². The molecule has 0 unspecified atom stereocenters. The molecule has 1 fully saturated rings. The molecule has 0 radical (unpaired) electrons. The summed E-state index contributed by atoms with van der Waals surface area (Å²) in [5.41, 5.74) is 0.836. The van der Waals surface area contributed by atoms with E-state index in [2.05, 4.69) is 14.5 Å². The lowest BCUT2D eigenvalue weighted by Crippen LogP contribution is -2.34. The average Bonchev–Trinajstić information content (AvgIpc) is 3.46. The Morgan fingerprint density at radius 2 is 2.08 bits per heavy atom. The van der Waals surface area contributed by atoms with Crippen LogP contribution in [0.1, 0.15) is 0 Å². The number of amides is 1. The predicted molar refractivity (Wildman–Crippen MR) is 124 cm³/mol. The number of halogens is 1. The molecule has 2 N–H and O–H groups in total. The quantitative estimate of drug-likeness (QED) is 0.236. The van der Waals surface area contributed by atoms with Crippen LogP contribution in [0.15, 0.2) is 42.7 Å². The Balaban J connectivity index is 1.22. The Kier molecular flexibility index (Phi) is 6.71. The molecule has 15 nitrogen and oxygen atoms in total. The highest BCUT2D eigenvalue weighted by molar-refractivity contribution is 7.46. The van der Waals surface area contributed by atoms with Crippen LogP contribution < -0.4 is 14.4 Å². The van der Waals surface area contributed by atoms with E-state index in [1.54, 1.807) is 6.07 Å². The summed E-state index contributed by atoms with van der Waals surface area (Å²) in [6, 6.07) is 7.35. The van der Waals surface area contributed by atoms with E-state index in [9.17, 15) is 23.9 Å². The Bertz CT molecular complexity index is 1430. The highest BCUT2D eigenvalue weighted by atomic mass is 31.2. The zero-order chi connectivity index (χ0) is 27.0. The van der Waals surface area contributed by atoms with E-state index in [-0.39, 0.29) is 48.7 Å². The van der Waals surface area contributed by atoms with E-state index >= 15 is 0 Å². The smallest absolute Gasteiger partial charge is 0.469 e. The molecule has 0 aliphatic carbocycles. The molecule has 2 aliphatic rings. The van der Waals surface area contributed by atoms with Gasteiger partial charge in [-0.05, 0) is 29.2 Å². The van der Waals surface area contributed by atoms with Gasteiger partial charge in [-0.3, -0.25) is 14.0 Å². The third-order valence-electron chi connectivity index (χ3n) is 5.61. The summed E-state index contributed by atoms with van der Waals surface area (Å²) in [4.78, 5) is 49.1. The number of nitro groups is 1. The van der Waals surface area contributed by atoms with Crippen LogP contribution >= 0.6 is 7.82 Å². The van der Waals surface area contributed by atoms with Crippen molar-refractivity contribution in [3.8, 4) is 23.0 Å². The van der Waals surface area contributed by atoms with Gasteiger partial charge in [0, 0.05) is 28.4 Å². The first-order chi connectivity index (χ1) is 18.1. The minimum Gasteiger partial charge on any atom is -0.469 e. The number of aromatic nitrogens is 3. The van der Waals surface area contributed by atoms with Crippen LogP contribution in [0.4, 0.5) is 20.7 Å². The minimum atomic E-state index is -4.72. The Morgan fingerprint density at radius 1 is 1.26 bits per heavy atom. The Morgan fingerprint density at radius 3 is 2.76 bits per heavy atom. The molecule has 1 saturated heterocycles. The van der Waals surface area contributed by atoms with Crippen LogP contribution in [0.5, 0.6) is 11.9 Å². The lowest BCUT2D eigenvalue weighted by molar-refractivity contribution is -0.389. The number of carbonyl (C=O) groups excluding carboxylic acids is 1. The van der Waals surface area contributed by atoms with Crippen molar-refractivity contribution >= 4 is 25.4 Å². The molecule has 3 aromatic rings. The lowest BCUT2D eigenvalue weighted by atomic mass is 10.1. The Hall–Kier alpha value is -4.11. The van der Waals surface area contributed by atoms with E-state index in [1.165, 1.54) is 35.2 Å². The van der Waals surface area contributed by atoms with Crippen molar-refractivity contribution in [1.82, 2.24) is 14.5 Å². The van der Waals surface area contributed by atoms with Crippen molar-refractivity contribution in [2.75, 3.05) is 24.7 Å². The average molecular weight is 551 g/mol. The molecule has 2 aliphatic heterocycles. The molecule has 4 heterocycles. The number of phosphoric acid groups is 1. The molecule has 1 amide bonds. The second kappa shape index (κ2) is 9.98. The zero-order valence-corrected chi connectivity index (χ0v) is 20.1. The summed E-state index contributed by atoms with van der Waals surface area (Å²) in [5, 5.41) is 10.9. The molecule has 0 bridgehead atoms. The molecule has 1 aromatic carbocycles. The van der Waals surface area contributed by atoms with Gasteiger partial charge in [-0.15, -0.1) is 0 Å². The van der Waals surface area contributed by atoms with Crippen molar-refractivity contribution in [3.63, 3.8) is 0 Å². The molecule has 0 spiro atoms. The lowest BCUT2D eigenvalue weighted by Gasteiger charge is -2.22. The maximum absolute atomic E-state index is 15.0. The third kappa shape index (κ3) is 5.57. The highest BCUT2D eigenvalue weighted by Gasteiger charge is 2.34. The zero-order valence-electron chi connectivity index (χ0n) is 19.2. The van der Waals surface area contributed by atoms with E-state index in [0.29, 0.717) is 5.56 Å². The van der Waals surface area contributed by atoms with Gasteiger partial charge < -0.3 is 34.1 Å². The Labute approximate surface area is 212 Å². The first kappa shape index (κ1) is 25.5. The summed E-state index contributed by atoms with van der Waals surface area (Å²) < 4.78 is 47.9. The fourth-order valence-corrected chi connectivity index (χ4v) is 4.28. The maximum atomic E-state index is 15.0. The first-order valence-corrected chi connectivity index (χ1v) is 12.5. The van der Waals surface area contributed by atoms with Gasteiger partial charge in [0.2, 0.25) is 5.88 Å². The molecule has 2 aromatic heterocycles. The number of anilines is 1. The van der Waals surface area contributed by atoms with Gasteiger partial charge in [0.25, 0.3) is 0 Å². The van der Waals surface area contributed by atoms with Crippen LogP contribution in [-0.4, -0.2) is 67.3 Å². The van der Waals surface area contributed by atoms with E-state index in [0.717, 1.165) is 11.0 Å². The summed E-state index contributed by atoms with van der Waals surface area (Å²) in [7, 11) is -4.72. The summed E-state index contributed by atoms with van der Waals surface area (Å²) in [6.07, 6.45) is 0.445. The molecule has 5 rings (SSSR count). The third-order valence-corrected chi connectivity index (χ3v) is 6.10. The number of hydrogen-bond donors (Lipinski definition) is 2. The second-order valence-electron chi connectivity index (χ2n) is 8.29. The van der Waals surface area contributed by atoms with Gasteiger partial charge in [0.1, 0.15) is 24.7 Å². The number of rotatable bonds is 8. The molecule has 2 atom stereocenters. The van der Waals surface area contributed by atoms with E-state index < -0.39 is 43.5 Å². The minimum absolute atomic E-state index is 0.0794. The topological polar surface area (TPSA) is 189 Å². The number of ether oxygens (including phenoxy) is 3. The number of carbonyl (C=O) groups is 1. The fraction of sp³-hybridized carbons (Fsp3) is 0.286.